The molecule has 146 valence electrons. The van der Waals surface area contributed by atoms with Crippen molar-refractivity contribution in [2.24, 2.45) is 0 Å². The van der Waals surface area contributed by atoms with Gasteiger partial charge < -0.3 is 10.4 Å². The fraction of sp³-hybridized carbons (Fsp3) is 0.0952. The fourth-order valence-electron chi connectivity index (χ4n) is 3.17. The third-order valence-corrected chi connectivity index (χ3v) is 4.74. The molecule has 0 amide bonds. The molecule has 2 aromatic carbocycles. The second kappa shape index (κ2) is 7.18. The highest BCUT2D eigenvalue weighted by Crippen LogP contribution is 2.25. The lowest BCUT2D eigenvalue weighted by Crippen LogP contribution is -2.18. The van der Waals surface area contributed by atoms with Crippen LogP contribution in [0.5, 0.6) is 5.75 Å². The van der Waals surface area contributed by atoms with Gasteiger partial charge in [0.05, 0.1) is 22.2 Å². The SMILES string of the molecule is CCNc1cc(C(=O)c2cc(F)ccc2O)cn2c(=O)c3ccc(Cl)cc3nc12. The third-order valence-electron chi connectivity index (χ3n) is 4.51. The van der Waals surface area contributed by atoms with Crippen LogP contribution in [0.3, 0.4) is 0 Å². The Morgan fingerprint density at radius 2 is 2.03 bits per heavy atom. The predicted octanol–water partition coefficient (Wildman–Crippen LogP) is 4.01. The standard InChI is InChI=1S/C21H15ClFN3O3/c1-2-24-17-7-11(19(28)15-9-13(23)4-6-18(15)27)10-26-20(17)25-16-8-12(22)3-5-14(16)21(26)29/h3-10,24,27H,2H2,1H3. The number of nitrogens with zero attached hydrogens (tertiary/aromatic N) is 2. The maximum atomic E-state index is 13.6. The minimum Gasteiger partial charge on any atom is -0.507 e. The van der Waals surface area contributed by atoms with E-state index in [1.165, 1.54) is 16.7 Å². The molecule has 0 radical (unpaired) electrons. The number of nitrogens with one attached hydrogen (secondary N) is 1. The van der Waals surface area contributed by atoms with E-state index in [0.29, 0.717) is 33.8 Å². The zero-order valence-corrected chi connectivity index (χ0v) is 16.0. The number of phenols is 1. The van der Waals surface area contributed by atoms with Crippen LogP contribution >= 0.6 is 11.6 Å². The number of carbonyl (C=O) groups excluding carboxylic acids is 1. The molecule has 0 atom stereocenters. The van der Waals surface area contributed by atoms with Crippen LogP contribution in [-0.2, 0) is 0 Å². The third kappa shape index (κ3) is 3.30. The average Bonchev–Trinajstić information content (AvgIpc) is 2.70. The number of hydrogen-bond acceptors (Lipinski definition) is 5. The van der Waals surface area contributed by atoms with Gasteiger partial charge in [-0.25, -0.2) is 9.37 Å². The van der Waals surface area contributed by atoms with E-state index in [-0.39, 0.29) is 22.4 Å². The summed E-state index contributed by atoms with van der Waals surface area (Å²) >= 11 is 6.02. The molecule has 0 saturated carbocycles. The number of fused-ring (bicyclic) bond motifs is 2. The van der Waals surface area contributed by atoms with Gasteiger partial charge in [0.2, 0.25) is 0 Å². The van der Waals surface area contributed by atoms with Crippen molar-refractivity contribution in [2.45, 2.75) is 6.92 Å². The molecule has 4 aromatic rings. The largest absolute Gasteiger partial charge is 0.507 e. The molecule has 0 bridgehead atoms. The predicted molar refractivity (Wildman–Crippen MR) is 110 cm³/mol. The molecule has 8 heteroatoms. The molecule has 0 aliphatic carbocycles. The van der Waals surface area contributed by atoms with Gasteiger partial charge in [0, 0.05) is 23.3 Å². The molecule has 0 unspecified atom stereocenters. The number of aromatic nitrogens is 2. The van der Waals surface area contributed by atoms with E-state index in [2.05, 4.69) is 10.3 Å². The highest BCUT2D eigenvalue weighted by Gasteiger charge is 2.18. The summed E-state index contributed by atoms with van der Waals surface area (Å²) in [7, 11) is 0. The van der Waals surface area contributed by atoms with Crippen molar-refractivity contribution in [1.29, 1.82) is 0 Å². The van der Waals surface area contributed by atoms with Crippen LogP contribution < -0.4 is 10.9 Å². The Balaban J connectivity index is 2.01. The number of rotatable bonds is 4. The van der Waals surface area contributed by atoms with E-state index >= 15 is 0 Å². The summed E-state index contributed by atoms with van der Waals surface area (Å²) in [5.74, 6) is -1.62. The van der Waals surface area contributed by atoms with E-state index in [4.69, 9.17) is 11.6 Å². The first-order chi connectivity index (χ1) is 13.9. The number of carbonyl (C=O) groups is 1. The summed E-state index contributed by atoms with van der Waals surface area (Å²) in [6.07, 6.45) is 1.34. The molecule has 0 aliphatic rings. The lowest BCUT2D eigenvalue weighted by molar-refractivity contribution is 0.103. The number of aromatic hydroxyl groups is 1. The quantitative estimate of drug-likeness (QED) is 0.391. The lowest BCUT2D eigenvalue weighted by atomic mass is 10.0. The summed E-state index contributed by atoms with van der Waals surface area (Å²) in [6.45, 7) is 2.38. The van der Waals surface area contributed by atoms with E-state index in [1.807, 2.05) is 6.92 Å². The van der Waals surface area contributed by atoms with Gasteiger partial charge in [-0.3, -0.25) is 14.0 Å². The number of benzene rings is 2. The summed E-state index contributed by atoms with van der Waals surface area (Å²) < 4.78 is 14.9. The van der Waals surface area contributed by atoms with Gasteiger partial charge in [-0.05, 0) is 49.4 Å². The monoisotopic (exact) mass is 411 g/mol. The Morgan fingerprint density at radius 3 is 2.79 bits per heavy atom. The van der Waals surface area contributed by atoms with Gasteiger partial charge in [-0.2, -0.15) is 0 Å². The topological polar surface area (TPSA) is 83.7 Å². The first-order valence-corrected chi connectivity index (χ1v) is 9.19. The highest BCUT2D eigenvalue weighted by molar-refractivity contribution is 6.31. The number of ketones is 1. The first kappa shape index (κ1) is 18.9. The van der Waals surface area contributed by atoms with Crippen molar-refractivity contribution in [3.8, 4) is 5.75 Å². The maximum absolute atomic E-state index is 13.6. The Kier molecular flexibility index (Phi) is 4.68. The molecule has 6 nitrogen and oxygen atoms in total. The van der Waals surface area contributed by atoms with Crippen LogP contribution in [0.1, 0.15) is 22.8 Å². The summed E-state index contributed by atoms with van der Waals surface area (Å²) in [6, 6.07) is 9.40. The van der Waals surface area contributed by atoms with E-state index in [0.717, 1.165) is 18.2 Å². The Hall–Kier alpha value is -3.45. The van der Waals surface area contributed by atoms with E-state index < -0.39 is 11.6 Å². The molecule has 0 fully saturated rings. The molecular weight excluding hydrogens is 397 g/mol. The number of halogens is 2. The van der Waals surface area contributed by atoms with Crippen LogP contribution in [0.25, 0.3) is 16.6 Å². The second-order valence-electron chi connectivity index (χ2n) is 6.44. The fourth-order valence-corrected chi connectivity index (χ4v) is 3.33. The van der Waals surface area contributed by atoms with Gasteiger partial charge in [-0.15, -0.1) is 0 Å². The highest BCUT2D eigenvalue weighted by atomic mass is 35.5. The van der Waals surface area contributed by atoms with Gasteiger partial charge in [0.15, 0.2) is 11.4 Å². The van der Waals surface area contributed by atoms with Crippen LogP contribution in [0.4, 0.5) is 10.1 Å². The number of phenolic OH excluding ortho intramolecular Hbond substituents is 1. The Bertz CT molecular complexity index is 1350. The zero-order valence-electron chi connectivity index (χ0n) is 15.2. The van der Waals surface area contributed by atoms with Gasteiger partial charge in [-0.1, -0.05) is 11.6 Å². The molecule has 0 spiro atoms. The van der Waals surface area contributed by atoms with Gasteiger partial charge in [0.1, 0.15) is 11.6 Å². The van der Waals surface area contributed by atoms with Crippen LogP contribution in [0, 0.1) is 5.82 Å². The van der Waals surface area contributed by atoms with Crippen molar-refractivity contribution in [3.63, 3.8) is 0 Å². The summed E-state index contributed by atoms with van der Waals surface area (Å²) in [4.78, 5) is 30.5. The molecule has 29 heavy (non-hydrogen) atoms. The number of pyridine rings is 1. The second-order valence-corrected chi connectivity index (χ2v) is 6.87. The van der Waals surface area contributed by atoms with Crippen molar-refractivity contribution < 1.29 is 14.3 Å². The van der Waals surface area contributed by atoms with Crippen molar-refractivity contribution in [3.05, 3.63) is 81.0 Å². The number of hydrogen-bond donors (Lipinski definition) is 2. The maximum Gasteiger partial charge on any atom is 0.265 e. The zero-order chi connectivity index (χ0) is 20.7. The van der Waals surface area contributed by atoms with Crippen LogP contribution in [-0.4, -0.2) is 26.8 Å². The number of anilines is 1. The first-order valence-electron chi connectivity index (χ1n) is 8.82. The minimum atomic E-state index is -0.652. The molecule has 2 aromatic heterocycles. The summed E-state index contributed by atoms with van der Waals surface area (Å²) in [5.41, 5.74) is 0.745. The van der Waals surface area contributed by atoms with Crippen molar-refractivity contribution in [1.82, 2.24) is 9.38 Å². The van der Waals surface area contributed by atoms with Crippen molar-refractivity contribution >= 4 is 39.6 Å². The lowest BCUT2D eigenvalue weighted by Gasteiger charge is -2.13. The van der Waals surface area contributed by atoms with Crippen LogP contribution in [0.15, 0.2) is 53.5 Å². The normalized spacial score (nSPS) is 11.1. The molecule has 0 aliphatic heterocycles. The smallest absolute Gasteiger partial charge is 0.265 e. The molecule has 0 saturated heterocycles. The van der Waals surface area contributed by atoms with E-state index in [1.54, 1.807) is 18.2 Å². The molecule has 2 heterocycles. The van der Waals surface area contributed by atoms with Crippen molar-refractivity contribution in [2.75, 3.05) is 11.9 Å². The summed E-state index contributed by atoms with van der Waals surface area (Å²) in [5, 5.41) is 13.9. The van der Waals surface area contributed by atoms with Crippen LogP contribution in [0.2, 0.25) is 5.02 Å². The van der Waals surface area contributed by atoms with Gasteiger partial charge >= 0.3 is 0 Å². The molecular formula is C21H15ClFN3O3. The van der Waals surface area contributed by atoms with E-state index in [9.17, 15) is 19.1 Å². The Labute approximate surface area is 169 Å². The Morgan fingerprint density at radius 1 is 1.24 bits per heavy atom. The van der Waals surface area contributed by atoms with Gasteiger partial charge in [0.25, 0.3) is 5.56 Å². The molecule has 2 N–H and O–H groups in total. The minimum absolute atomic E-state index is 0.103. The molecule has 4 rings (SSSR count). The average molecular weight is 412 g/mol.